The van der Waals surface area contributed by atoms with E-state index in [1.165, 1.54) is 6.07 Å². The maximum absolute atomic E-state index is 13.8. The van der Waals surface area contributed by atoms with Crippen molar-refractivity contribution in [2.75, 3.05) is 0 Å². The lowest BCUT2D eigenvalue weighted by molar-refractivity contribution is 0.0431. The lowest BCUT2D eigenvalue weighted by Crippen LogP contribution is -2.43. The van der Waals surface area contributed by atoms with Gasteiger partial charge in [-0.05, 0) is 46.2 Å². The minimum Gasteiger partial charge on any atom is -0.471 e. The van der Waals surface area contributed by atoms with Crippen molar-refractivity contribution in [2.24, 2.45) is 4.99 Å². The Hall–Kier alpha value is -2.23. The fourth-order valence-electron chi connectivity index (χ4n) is 3.64. The molecule has 1 aromatic heterocycles. The van der Waals surface area contributed by atoms with Crippen LogP contribution in [0.2, 0.25) is 0 Å². The van der Waals surface area contributed by atoms with Crippen LogP contribution in [0.15, 0.2) is 47.6 Å². The Balaban J connectivity index is 2.07. The fourth-order valence-corrected chi connectivity index (χ4v) is 3.64. The fraction of sp³-hybridized carbons (Fsp3) is 0.400. The Morgan fingerprint density at radius 2 is 2.08 bits per heavy atom. The van der Waals surface area contributed by atoms with E-state index < -0.39 is 0 Å². The van der Waals surface area contributed by atoms with Gasteiger partial charge in [0.1, 0.15) is 16.9 Å². The molecule has 1 aromatic carbocycles. The summed E-state index contributed by atoms with van der Waals surface area (Å²) < 4.78 is 19.9. The molecule has 1 atom stereocenters. The molecule has 0 bridgehead atoms. The number of ether oxygens (including phenoxy) is 1. The maximum Gasteiger partial charge on any atom is 0.218 e. The first kappa shape index (κ1) is 16.6. The molecule has 1 aliphatic heterocycles. The van der Waals surface area contributed by atoms with Crippen LogP contribution < -0.4 is 0 Å². The second-order valence-corrected chi connectivity index (χ2v) is 7.62. The van der Waals surface area contributed by atoms with Gasteiger partial charge in [-0.2, -0.15) is 0 Å². The maximum atomic E-state index is 13.8. The van der Waals surface area contributed by atoms with Crippen molar-refractivity contribution in [3.05, 3.63) is 54.0 Å². The second-order valence-electron chi connectivity index (χ2n) is 7.62. The molecule has 2 aromatic rings. The third-order valence-corrected chi connectivity index (χ3v) is 4.14. The number of aliphatic imine (C=N–C) groups is 1. The summed E-state index contributed by atoms with van der Waals surface area (Å²) in [6.07, 6.45) is 3.25. The highest BCUT2D eigenvalue weighted by molar-refractivity contribution is 5.98. The number of hydrogen-bond donors (Lipinski definition) is 0. The van der Waals surface area contributed by atoms with Crippen LogP contribution in [0.4, 0.5) is 4.39 Å². The average molecular weight is 326 g/mol. The number of pyridine rings is 1. The van der Waals surface area contributed by atoms with Crippen LogP contribution in [-0.2, 0) is 4.74 Å². The van der Waals surface area contributed by atoms with Gasteiger partial charge in [0, 0.05) is 18.0 Å². The first-order valence-electron chi connectivity index (χ1n) is 8.15. The molecule has 126 valence electrons. The van der Waals surface area contributed by atoms with E-state index in [1.807, 2.05) is 19.1 Å². The van der Waals surface area contributed by atoms with Crippen molar-refractivity contribution >= 4 is 16.8 Å². The van der Waals surface area contributed by atoms with Gasteiger partial charge in [-0.3, -0.25) is 4.98 Å². The molecule has 24 heavy (non-hydrogen) atoms. The number of hydrogen-bond acceptors (Lipinski definition) is 3. The highest BCUT2D eigenvalue weighted by atomic mass is 19.1. The zero-order chi connectivity index (χ0) is 17.5. The Morgan fingerprint density at radius 1 is 1.33 bits per heavy atom. The lowest BCUT2D eigenvalue weighted by atomic mass is 9.82. The van der Waals surface area contributed by atoms with Crippen LogP contribution in [-0.4, -0.2) is 22.0 Å². The van der Waals surface area contributed by atoms with E-state index in [-0.39, 0.29) is 17.0 Å². The topological polar surface area (TPSA) is 34.5 Å². The Labute approximate surface area is 142 Å². The summed E-state index contributed by atoms with van der Waals surface area (Å²) in [4.78, 5) is 9.11. The van der Waals surface area contributed by atoms with Gasteiger partial charge in [0.15, 0.2) is 0 Å². The van der Waals surface area contributed by atoms with Crippen LogP contribution in [0.25, 0.3) is 10.9 Å². The van der Waals surface area contributed by atoms with E-state index in [2.05, 4.69) is 32.3 Å². The van der Waals surface area contributed by atoms with Crippen LogP contribution in [0, 0.1) is 5.82 Å². The van der Waals surface area contributed by atoms with Crippen molar-refractivity contribution in [2.45, 2.75) is 51.7 Å². The molecule has 0 spiro atoms. The van der Waals surface area contributed by atoms with Crippen molar-refractivity contribution in [3.63, 3.8) is 0 Å². The highest BCUT2D eigenvalue weighted by Crippen LogP contribution is 2.37. The molecule has 0 radical (unpaired) electrons. The quantitative estimate of drug-likeness (QED) is 0.740. The zero-order valence-corrected chi connectivity index (χ0v) is 14.7. The number of benzene rings is 1. The Kier molecular flexibility index (Phi) is 3.94. The molecule has 0 saturated carbocycles. The third-order valence-electron chi connectivity index (χ3n) is 4.14. The normalized spacial score (nSPS) is 22.8. The van der Waals surface area contributed by atoms with Crippen molar-refractivity contribution in [1.29, 1.82) is 0 Å². The number of rotatable bonds is 3. The van der Waals surface area contributed by atoms with Crippen molar-refractivity contribution in [1.82, 2.24) is 4.98 Å². The number of halogens is 1. The van der Waals surface area contributed by atoms with Crippen LogP contribution in [0.3, 0.4) is 0 Å². The van der Waals surface area contributed by atoms with Gasteiger partial charge in [0.2, 0.25) is 5.90 Å². The summed E-state index contributed by atoms with van der Waals surface area (Å²) in [5.74, 6) is 0.242. The van der Waals surface area contributed by atoms with E-state index in [4.69, 9.17) is 9.73 Å². The third kappa shape index (κ3) is 3.32. The number of para-hydroxylation sites is 1. The monoisotopic (exact) mass is 326 g/mol. The molecule has 0 fully saturated rings. The predicted octanol–water partition coefficient (Wildman–Crippen LogP) is 5.04. The van der Waals surface area contributed by atoms with Gasteiger partial charge in [0.05, 0.1) is 11.1 Å². The van der Waals surface area contributed by atoms with Crippen LogP contribution >= 0.6 is 0 Å². The largest absolute Gasteiger partial charge is 0.471 e. The summed E-state index contributed by atoms with van der Waals surface area (Å²) in [7, 11) is 0. The number of aromatic nitrogens is 1. The first-order chi connectivity index (χ1) is 11.2. The predicted molar refractivity (Wildman–Crippen MR) is 95.9 cm³/mol. The zero-order valence-electron chi connectivity index (χ0n) is 14.7. The van der Waals surface area contributed by atoms with Gasteiger partial charge >= 0.3 is 0 Å². The summed E-state index contributed by atoms with van der Waals surface area (Å²) in [5.41, 5.74) is 1.63. The number of fused-ring (bicyclic) bond motifs is 1. The molecule has 1 aliphatic rings. The summed E-state index contributed by atoms with van der Waals surface area (Å²) in [6.45, 7) is 12.3. The minimum atomic E-state index is -0.335. The molecule has 0 aliphatic carbocycles. The number of nitrogens with zero attached hydrogens (tertiary/aromatic N) is 2. The van der Waals surface area contributed by atoms with E-state index in [9.17, 15) is 4.39 Å². The molecule has 0 saturated heterocycles. The van der Waals surface area contributed by atoms with E-state index in [1.54, 1.807) is 12.3 Å². The Bertz CT molecular complexity index is 841. The molecular formula is C20H23FN2O. The summed E-state index contributed by atoms with van der Waals surface area (Å²) >= 11 is 0. The molecule has 0 amide bonds. The molecular weight excluding hydrogens is 303 g/mol. The van der Waals surface area contributed by atoms with Gasteiger partial charge in [-0.1, -0.05) is 17.7 Å². The molecule has 3 nitrogen and oxygen atoms in total. The molecule has 2 heterocycles. The van der Waals surface area contributed by atoms with E-state index in [0.717, 1.165) is 29.4 Å². The SMILES string of the molecule is C=C(C)CC1(C)CC(C)(C)OC(c2cnc3c(F)cccc3c2)=N1. The molecule has 4 heteroatoms. The highest BCUT2D eigenvalue weighted by Gasteiger charge is 2.39. The van der Waals surface area contributed by atoms with Crippen LogP contribution in [0.1, 0.15) is 46.1 Å². The molecule has 1 unspecified atom stereocenters. The van der Waals surface area contributed by atoms with E-state index >= 15 is 0 Å². The second kappa shape index (κ2) is 5.69. The van der Waals surface area contributed by atoms with Crippen LogP contribution in [0.5, 0.6) is 0 Å². The van der Waals surface area contributed by atoms with E-state index in [0.29, 0.717) is 11.4 Å². The van der Waals surface area contributed by atoms with Gasteiger partial charge in [-0.25, -0.2) is 9.38 Å². The minimum absolute atomic E-state index is 0.264. The van der Waals surface area contributed by atoms with Gasteiger partial charge in [-0.15, -0.1) is 6.58 Å². The average Bonchev–Trinajstić information content (AvgIpc) is 2.43. The van der Waals surface area contributed by atoms with Gasteiger partial charge < -0.3 is 4.74 Å². The first-order valence-corrected chi connectivity index (χ1v) is 8.15. The van der Waals surface area contributed by atoms with Gasteiger partial charge in [0.25, 0.3) is 0 Å². The van der Waals surface area contributed by atoms with Crippen molar-refractivity contribution < 1.29 is 9.13 Å². The summed E-state index contributed by atoms with van der Waals surface area (Å²) in [6, 6.07) is 6.82. The molecule has 0 N–H and O–H groups in total. The standard InChI is InChI=1S/C20H23FN2O/c1-13(2)10-20(5)12-19(3,4)24-18(23-20)15-9-14-7-6-8-16(21)17(14)22-11-15/h6-9,11H,1,10,12H2,2-5H3. The van der Waals surface area contributed by atoms with Crippen molar-refractivity contribution in [3.8, 4) is 0 Å². The smallest absolute Gasteiger partial charge is 0.218 e. The molecule has 3 rings (SSSR count). The summed E-state index contributed by atoms with van der Waals surface area (Å²) in [5, 5.41) is 0.740. The lowest BCUT2D eigenvalue weighted by Gasteiger charge is -2.40. The Morgan fingerprint density at radius 3 is 2.79 bits per heavy atom.